The van der Waals surface area contributed by atoms with Crippen LogP contribution in [0.5, 0.6) is 0 Å². The molecule has 1 unspecified atom stereocenters. The Bertz CT molecular complexity index is 377. The standard InChI is InChI=1S/C8H7N3O/c1-2-6-4-10-12-8(6)7-5(1)3-9-11-7/h1-4,8,10H,(H,9,11). The van der Waals surface area contributed by atoms with Crippen LogP contribution in [0.1, 0.15) is 17.4 Å². The number of aromatic nitrogens is 2. The Morgan fingerprint density at radius 3 is 3.42 bits per heavy atom. The molecule has 1 aliphatic carbocycles. The Morgan fingerprint density at radius 1 is 1.42 bits per heavy atom. The van der Waals surface area contributed by atoms with Crippen molar-refractivity contribution in [1.82, 2.24) is 15.7 Å². The molecule has 0 amide bonds. The van der Waals surface area contributed by atoms with E-state index < -0.39 is 0 Å². The molecular formula is C8H7N3O. The predicted molar refractivity (Wildman–Crippen MR) is 42.7 cm³/mol. The van der Waals surface area contributed by atoms with Crippen LogP contribution >= 0.6 is 0 Å². The Hall–Kier alpha value is -1.55. The maximum Gasteiger partial charge on any atom is 0.154 e. The van der Waals surface area contributed by atoms with E-state index in [4.69, 9.17) is 4.84 Å². The molecule has 2 aliphatic rings. The SMILES string of the molecule is C1=Cc2cn[nH]c2C2ONC=C12. The van der Waals surface area contributed by atoms with Crippen LogP contribution in [0, 0.1) is 0 Å². The molecule has 0 saturated heterocycles. The highest BCUT2D eigenvalue weighted by Crippen LogP contribution is 2.34. The number of rotatable bonds is 0. The number of hydrogen-bond acceptors (Lipinski definition) is 3. The van der Waals surface area contributed by atoms with Crippen molar-refractivity contribution < 1.29 is 4.84 Å². The summed E-state index contributed by atoms with van der Waals surface area (Å²) in [6.07, 6.45) is 7.70. The van der Waals surface area contributed by atoms with Crippen LogP contribution in [0.4, 0.5) is 0 Å². The molecule has 1 aromatic heterocycles. The summed E-state index contributed by atoms with van der Waals surface area (Å²) in [6, 6.07) is 0. The van der Waals surface area contributed by atoms with Crippen molar-refractivity contribution in [2.75, 3.05) is 0 Å². The molecule has 4 heteroatoms. The molecule has 0 bridgehead atoms. The predicted octanol–water partition coefficient (Wildman–Crippen LogP) is 0.896. The number of nitrogens with one attached hydrogen (secondary N) is 2. The van der Waals surface area contributed by atoms with Gasteiger partial charge >= 0.3 is 0 Å². The maximum absolute atomic E-state index is 5.28. The average Bonchev–Trinajstić information content (AvgIpc) is 2.71. The lowest BCUT2D eigenvalue weighted by molar-refractivity contribution is 0.0411. The highest BCUT2D eigenvalue weighted by Gasteiger charge is 2.27. The van der Waals surface area contributed by atoms with Gasteiger partial charge in [-0.15, -0.1) is 0 Å². The molecule has 0 fully saturated rings. The molecule has 12 heavy (non-hydrogen) atoms. The van der Waals surface area contributed by atoms with Crippen molar-refractivity contribution >= 4 is 6.08 Å². The van der Waals surface area contributed by atoms with Crippen LogP contribution in [0.2, 0.25) is 0 Å². The van der Waals surface area contributed by atoms with E-state index in [2.05, 4.69) is 15.7 Å². The van der Waals surface area contributed by atoms with Gasteiger partial charge in [0.1, 0.15) is 0 Å². The van der Waals surface area contributed by atoms with Crippen LogP contribution in [-0.4, -0.2) is 10.2 Å². The first-order valence-electron chi connectivity index (χ1n) is 3.78. The lowest BCUT2D eigenvalue weighted by atomic mass is 9.99. The van der Waals surface area contributed by atoms with Crippen molar-refractivity contribution in [3.05, 3.63) is 35.3 Å². The third-order valence-electron chi connectivity index (χ3n) is 2.13. The topological polar surface area (TPSA) is 49.9 Å². The Kier molecular flexibility index (Phi) is 0.995. The summed E-state index contributed by atoms with van der Waals surface area (Å²) in [5.41, 5.74) is 5.99. The minimum atomic E-state index is -0.00694. The number of H-pyrrole nitrogens is 1. The summed E-state index contributed by atoms with van der Waals surface area (Å²) in [4.78, 5) is 5.28. The molecule has 2 N–H and O–H groups in total. The molecular weight excluding hydrogens is 154 g/mol. The van der Waals surface area contributed by atoms with Crippen molar-refractivity contribution in [2.24, 2.45) is 0 Å². The van der Waals surface area contributed by atoms with Crippen molar-refractivity contribution in [3.63, 3.8) is 0 Å². The second-order valence-electron chi connectivity index (χ2n) is 2.83. The summed E-state index contributed by atoms with van der Waals surface area (Å²) in [5.74, 6) is 0. The van der Waals surface area contributed by atoms with Crippen LogP contribution in [0.3, 0.4) is 0 Å². The molecule has 1 aliphatic heterocycles. The molecule has 1 atom stereocenters. The van der Waals surface area contributed by atoms with Crippen molar-refractivity contribution in [1.29, 1.82) is 0 Å². The normalized spacial score (nSPS) is 24.3. The fourth-order valence-corrected chi connectivity index (χ4v) is 1.51. The number of hydroxylamine groups is 1. The third-order valence-corrected chi connectivity index (χ3v) is 2.13. The first kappa shape index (κ1) is 6.02. The van der Waals surface area contributed by atoms with Gasteiger partial charge in [-0.25, -0.2) is 0 Å². The second kappa shape index (κ2) is 1.98. The zero-order valence-electron chi connectivity index (χ0n) is 6.24. The van der Waals surface area contributed by atoms with Crippen LogP contribution < -0.4 is 5.48 Å². The van der Waals surface area contributed by atoms with Gasteiger partial charge in [0.25, 0.3) is 0 Å². The Morgan fingerprint density at radius 2 is 2.42 bits per heavy atom. The monoisotopic (exact) mass is 161 g/mol. The van der Waals surface area contributed by atoms with Gasteiger partial charge in [0.15, 0.2) is 6.10 Å². The number of hydrogen-bond donors (Lipinski definition) is 2. The maximum atomic E-state index is 5.28. The summed E-state index contributed by atoms with van der Waals surface area (Å²) in [7, 11) is 0. The fraction of sp³-hybridized carbons (Fsp3) is 0.125. The lowest BCUT2D eigenvalue weighted by Crippen LogP contribution is -2.08. The summed E-state index contributed by atoms with van der Waals surface area (Å²) in [5, 5.41) is 6.87. The van der Waals surface area contributed by atoms with E-state index in [0.29, 0.717) is 0 Å². The van der Waals surface area contributed by atoms with E-state index in [1.165, 1.54) is 0 Å². The second-order valence-corrected chi connectivity index (χ2v) is 2.83. The number of fused-ring (bicyclic) bond motifs is 3. The molecule has 4 nitrogen and oxygen atoms in total. The highest BCUT2D eigenvalue weighted by molar-refractivity contribution is 5.61. The molecule has 0 saturated carbocycles. The molecule has 2 heterocycles. The largest absolute Gasteiger partial charge is 0.279 e. The molecule has 1 aromatic rings. The van der Waals surface area contributed by atoms with Crippen molar-refractivity contribution in [2.45, 2.75) is 6.10 Å². The van der Waals surface area contributed by atoms with E-state index in [-0.39, 0.29) is 6.10 Å². The minimum Gasteiger partial charge on any atom is -0.279 e. The molecule has 0 radical (unpaired) electrons. The fourth-order valence-electron chi connectivity index (χ4n) is 1.51. The van der Waals surface area contributed by atoms with Crippen LogP contribution in [0.15, 0.2) is 24.0 Å². The lowest BCUT2D eigenvalue weighted by Gasteiger charge is -2.13. The van der Waals surface area contributed by atoms with Gasteiger partial charge in [0.05, 0.1) is 11.9 Å². The van der Waals surface area contributed by atoms with Crippen LogP contribution in [-0.2, 0) is 4.84 Å². The summed E-state index contributed by atoms with van der Waals surface area (Å²) >= 11 is 0. The highest BCUT2D eigenvalue weighted by atomic mass is 16.7. The Labute approximate surface area is 68.9 Å². The zero-order chi connectivity index (χ0) is 7.97. The van der Waals surface area contributed by atoms with E-state index in [9.17, 15) is 0 Å². The Balaban J connectivity index is 2.20. The van der Waals surface area contributed by atoms with Gasteiger partial charge in [-0.2, -0.15) is 5.10 Å². The smallest absolute Gasteiger partial charge is 0.154 e. The van der Waals surface area contributed by atoms with Crippen LogP contribution in [0.25, 0.3) is 6.08 Å². The summed E-state index contributed by atoms with van der Waals surface area (Å²) < 4.78 is 0. The van der Waals surface area contributed by atoms with Gasteiger partial charge in [0.2, 0.25) is 0 Å². The van der Waals surface area contributed by atoms with E-state index in [1.807, 2.05) is 18.4 Å². The van der Waals surface area contributed by atoms with E-state index >= 15 is 0 Å². The molecule has 0 spiro atoms. The molecule has 0 aromatic carbocycles. The molecule has 3 rings (SSSR count). The van der Waals surface area contributed by atoms with Crippen molar-refractivity contribution in [3.8, 4) is 0 Å². The van der Waals surface area contributed by atoms with Gasteiger partial charge in [-0.05, 0) is 0 Å². The zero-order valence-corrected chi connectivity index (χ0v) is 6.24. The number of aromatic amines is 1. The van der Waals surface area contributed by atoms with E-state index in [1.54, 1.807) is 6.20 Å². The van der Waals surface area contributed by atoms with Gasteiger partial charge in [-0.1, -0.05) is 12.2 Å². The van der Waals surface area contributed by atoms with E-state index in [0.717, 1.165) is 16.8 Å². The molecule has 60 valence electrons. The quantitative estimate of drug-likeness (QED) is 0.594. The summed E-state index contributed by atoms with van der Waals surface area (Å²) in [6.45, 7) is 0. The average molecular weight is 161 g/mol. The van der Waals surface area contributed by atoms with Gasteiger partial charge in [-0.3, -0.25) is 15.4 Å². The third kappa shape index (κ3) is 0.622. The number of nitrogens with zero attached hydrogens (tertiary/aromatic N) is 1. The first-order valence-corrected chi connectivity index (χ1v) is 3.78. The van der Waals surface area contributed by atoms with Gasteiger partial charge < -0.3 is 0 Å². The minimum absolute atomic E-state index is 0.00694. The first-order chi connectivity index (χ1) is 5.95. The van der Waals surface area contributed by atoms with Gasteiger partial charge in [0, 0.05) is 17.3 Å².